The fraction of sp³-hybridized carbons (Fsp3) is 0.769. The van der Waals surface area contributed by atoms with E-state index in [1.54, 1.807) is 0 Å². The number of aliphatic carboxylic acids is 1. The summed E-state index contributed by atoms with van der Waals surface area (Å²) >= 11 is 0. The van der Waals surface area contributed by atoms with Crippen LogP contribution in [0.1, 0.15) is 26.7 Å². The molecular formula is C13H23N3O4. The lowest BCUT2D eigenvalue weighted by atomic mass is 9.99. The van der Waals surface area contributed by atoms with E-state index in [2.05, 4.69) is 10.6 Å². The average molecular weight is 285 g/mol. The zero-order valence-corrected chi connectivity index (χ0v) is 12.0. The Labute approximate surface area is 118 Å². The van der Waals surface area contributed by atoms with Crippen molar-refractivity contribution in [3.63, 3.8) is 0 Å². The highest BCUT2D eigenvalue weighted by Gasteiger charge is 2.28. The monoisotopic (exact) mass is 285 g/mol. The van der Waals surface area contributed by atoms with Gasteiger partial charge in [0.2, 0.25) is 5.91 Å². The van der Waals surface area contributed by atoms with Crippen molar-refractivity contribution in [3.05, 3.63) is 0 Å². The van der Waals surface area contributed by atoms with Gasteiger partial charge in [-0.05, 0) is 18.8 Å². The SMILES string of the molecule is CC(C)CNC(=O)CNC(=O)N1CCC[C@H](C(=O)O)C1. The molecule has 0 aromatic carbocycles. The van der Waals surface area contributed by atoms with Crippen LogP contribution in [0.15, 0.2) is 0 Å². The molecule has 114 valence electrons. The molecule has 7 heteroatoms. The number of urea groups is 1. The number of nitrogens with one attached hydrogen (secondary N) is 2. The highest BCUT2D eigenvalue weighted by atomic mass is 16.4. The zero-order chi connectivity index (χ0) is 15.1. The van der Waals surface area contributed by atoms with Crippen LogP contribution in [0.2, 0.25) is 0 Å². The van der Waals surface area contributed by atoms with Crippen molar-refractivity contribution >= 4 is 17.9 Å². The summed E-state index contributed by atoms with van der Waals surface area (Å²) in [6.07, 6.45) is 1.26. The molecule has 0 aromatic heterocycles. The number of carbonyl (C=O) groups excluding carboxylic acids is 2. The first kappa shape index (κ1) is 16.3. The predicted octanol–water partition coefficient (Wildman–Crippen LogP) is 0.265. The quantitative estimate of drug-likeness (QED) is 0.675. The standard InChI is InChI=1S/C13H23N3O4/c1-9(2)6-14-11(17)7-15-13(20)16-5-3-4-10(8-16)12(18)19/h9-10H,3-8H2,1-2H3,(H,14,17)(H,15,20)(H,18,19)/t10-/m0/s1. The molecule has 1 rings (SSSR count). The molecule has 3 N–H and O–H groups in total. The number of amides is 3. The number of carboxylic acid groups (broad SMARTS) is 1. The predicted molar refractivity (Wildman–Crippen MR) is 73.2 cm³/mol. The van der Waals surface area contributed by atoms with Gasteiger partial charge in [-0.25, -0.2) is 4.79 Å². The minimum absolute atomic E-state index is 0.0835. The Hall–Kier alpha value is -1.79. The highest BCUT2D eigenvalue weighted by molar-refractivity contribution is 5.84. The van der Waals surface area contributed by atoms with E-state index in [1.165, 1.54) is 4.90 Å². The van der Waals surface area contributed by atoms with E-state index in [4.69, 9.17) is 5.11 Å². The summed E-state index contributed by atoms with van der Waals surface area (Å²) in [7, 11) is 0. The van der Waals surface area contributed by atoms with E-state index in [0.717, 1.165) is 0 Å². The third-order valence-electron chi connectivity index (χ3n) is 3.17. The maximum Gasteiger partial charge on any atom is 0.317 e. The maximum atomic E-state index is 11.9. The molecule has 1 atom stereocenters. The highest BCUT2D eigenvalue weighted by Crippen LogP contribution is 2.16. The third kappa shape index (κ3) is 5.46. The molecule has 1 saturated heterocycles. The Balaban J connectivity index is 2.31. The van der Waals surface area contributed by atoms with E-state index in [-0.39, 0.29) is 25.0 Å². The lowest BCUT2D eigenvalue weighted by molar-refractivity contribution is -0.143. The third-order valence-corrected chi connectivity index (χ3v) is 3.17. The number of hydrogen-bond acceptors (Lipinski definition) is 3. The van der Waals surface area contributed by atoms with Crippen molar-refractivity contribution in [1.82, 2.24) is 15.5 Å². The van der Waals surface area contributed by atoms with E-state index in [0.29, 0.717) is 31.8 Å². The first-order chi connectivity index (χ1) is 9.40. The Morgan fingerprint density at radius 3 is 2.60 bits per heavy atom. The van der Waals surface area contributed by atoms with Gasteiger partial charge in [0.1, 0.15) is 0 Å². The Kier molecular flexibility index (Phi) is 6.27. The molecule has 1 aliphatic heterocycles. The van der Waals surface area contributed by atoms with Crippen LogP contribution < -0.4 is 10.6 Å². The fourth-order valence-corrected chi connectivity index (χ4v) is 2.01. The lowest BCUT2D eigenvalue weighted by Gasteiger charge is -2.30. The van der Waals surface area contributed by atoms with Crippen LogP contribution in [0.5, 0.6) is 0 Å². The van der Waals surface area contributed by atoms with Crippen molar-refractivity contribution < 1.29 is 19.5 Å². The molecule has 0 aromatic rings. The number of nitrogens with zero attached hydrogens (tertiary/aromatic N) is 1. The van der Waals surface area contributed by atoms with Crippen molar-refractivity contribution in [2.45, 2.75) is 26.7 Å². The van der Waals surface area contributed by atoms with Gasteiger partial charge < -0.3 is 20.6 Å². The van der Waals surface area contributed by atoms with E-state index >= 15 is 0 Å². The lowest BCUT2D eigenvalue weighted by Crippen LogP contribution is -2.49. The molecule has 0 unspecified atom stereocenters. The first-order valence-corrected chi connectivity index (χ1v) is 6.92. The number of rotatable bonds is 5. The second-order valence-electron chi connectivity index (χ2n) is 5.48. The second kappa shape index (κ2) is 7.72. The second-order valence-corrected chi connectivity index (χ2v) is 5.48. The Morgan fingerprint density at radius 1 is 1.30 bits per heavy atom. The number of likely N-dealkylation sites (tertiary alicyclic amines) is 1. The molecule has 0 saturated carbocycles. The normalized spacial score (nSPS) is 18.8. The van der Waals surface area contributed by atoms with Crippen LogP contribution in [0.3, 0.4) is 0 Å². The van der Waals surface area contributed by atoms with Crippen LogP contribution in [-0.2, 0) is 9.59 Å². The molecule has 20 heavy (non-hydrogen) atoms. The van der Waals surface area contributed by atoms with E-state index in [1.807, 2.05) is 13.8 Å². The van der Waals surface area contributed by atoms with Gasteiger partial charge in [0.05, 0.1) is 12.5 Å². The Bertz CT molecular complexity index is 371. The van der Waals surface area contributed by atoms with Gasteiger partial charge in [0, 0.05) is 19.6 Å². The number of carbonyl (C=O) groups is 3. The minimum atomic E-state index is -0.878. The van der Waals surface area contributed by atoms with Crippen LogP contribution in [0.25, 0.3) is 0 Å². The number of piperidine rings is 1. The van der Waals surface area contributed by atoms with Crippen molar-refractivity contribution in [3.8, 4) is 0 Å². The van der Waals surface area contributed by atoms with Crippen molar-refractivity contribution in [1.29, 1.82) is 0 Å². The summed E-state index contributed by atoms with van der Waals surface area (Å²) in [6, 6.07) is -0.379. The van der Waals surface area contributed by atoms with Gasteiger partial charge in [-0.15, -0.1) is 0 Å². The van der Waals surface area contributed by atoms with Gasteiger partial charge in [0.25, 0.3) is 0 Å². The summed E-state index contributed by atoms with van der Waals surface area (Å²) < 4.78 is 0. The summed E-state index contributed by atoms with van der Waals surface area (Å²) in [5.41, 5.74) is 0. The molecule has 1 fully saturated rings. The van der Waals surface area contributed by atoms with Gasteiger partial charge in [-0.3, -0.25) is 9.59 Å². The molecule has 3 amide bonds. The summed E-state index contributed by atoms with van der Waals surface area (Å²) in [5, 5.41) is 14.2. The number of hydrogen-bond donors (Lipinski definition) is 3. The molecule has 1 heterocycles. The van der Waals surface area contributed by atoms with Crippen LogP contribution in [0.4, 0.5) is 4.79 Å². The Morgan fingerprint density at radius 2 is 2.00 bits per heavy atom. The topological polar surface area (TPSA) is 98.7 Å². The van der Waals surface area contributed by atoms with E-state index in [9.17, 15) is 14.4 Å². The smallest absolute Gasteiger partial charge is 0.317 e. The fourth-order valence-electron chi connectivity index (χ4n) is 2.01. The molecule has 7 nitrogen and oxygen atoms in total. The van der Waals surface area contributed by atoms with E-state index < -0.39 is 11.9 Å². The van der Waals surface area contributed by atoms with Crippen molar-refractivity contribution in [2.24, 2.45) is 11.8 Å². The summed E-state index contributed by atoms with van der Waals surface area (Å²) in [5.74, 6) is -1.27. The first-order valence-electron chi connectivity index (χ1n) is 6.92. The molecule has 0 bridgehead atoms. The van der Waals surface area contributed by atoms with Crippen molar-refractivity contribution in [2.75, 3.05) is 26.2 Å². The minimum Gasteiger partial charge on any atom is -0.481 e. The zero-order valence-electron chi connectivity index (χ0n) is 12.0. The van der Waals surface area contributed by atoms with Crippen LogP contribution in [0, 0.1) is 11.8 Å². The largest absolute Gasteiger partial charge is 0.481 e. The molecule has 1 aliphatic rings. The summed E-state index contributed by atoms with van der Waals surface area (Å²) in [4.78, 5) is 35.7. The van der Waals surface area contributed by atoms with Gasteiger partial charge in [0.15, 0.2) is 0 Å². The van der Waals surface area contributed by atoms with Crippen LogP contribution in [-0.4, -0.2) is 54.1 Å². The number of carboxylic acids is 1. The molecule has 0 spiro atoms. The van der Waals surface area contributed by atoms with Gasteiger partial charge >= 0.3 is 12.0 Å². The maximum absolute atomic E-state index is 11.9. The van der Waals surface area contributed by atoms with Gasteiger partial charge in [-0.2, -0.15) is 0 Å². The molecule has 0 radical (unpaired) electrons. The molecule has 0 aliphatic carbocycles. The summed E-state index contributed by atoms with van der Waals surface area (Å²) in [6.45, 7) is 5.19. The molecular weight excluding hydrogens is 262 g/mol. The average Bonchev–Trinajstić information content (AvgIpc) is 2.42. The van der Waals surface area contributed by atoms with Gasteiger partial charge in [-0.1, -0.05) is 13.8 Å². The van der Waals surface area contributed by atoms with Crippen LogP contribution >= 0.6 is 0 Å².